The predicted molar refractivity (Wildman–Crippen MR) is 72.4 cm³/mol. The Morgan fingerprint density at radius 1 is 0.933 bits per heavy atom. The van der Waals surface area contributed by atoms with Gasteiger partial charge in [-0.05, 0) is 31.2 Å². The summed E-state index contributed by atoms with van der Waals surface area (Å²) in [5.41, 5.74) is 0.575. The van der Waals surface area contributed by atoms with Crippen molar-refractivity contribution in [3.05, 3.63) is 0 Å². The molecule has 0 saturated carbocycles. The maximum Gasteiger partial charge on any atom is 0.000749 e. The standard InChI is InChI=1S/C12H27N.C2H6/c1-5-9-10-12(6-2,7-3)11-13-8-4;1-2/h13H,5-11H2,1-4H3;1-2H3. The molecule has 0 amide bonds. The van der Waals surface area contributed by atoms with E-state index >= 15 is 0 Å². The van der Waals surface area contributed by atoms with Gasteiger partial charge in [0.2, 0.25) is 0 Å². The third kappa shape index (κ3) is 7.84. The Labute approximate surface area is 98.0 Å². The molecule has 15 heavy (non-hydrogen) atoms. The Kier molecular flexibility index (Phi) is 13.9. The van der Waals surface area contributed by atoms with Crippen LogP contribution in [0.4, 0.5) is 0 Å². The van der Waals surface area contributed by atoms with Crippen LogP contribution in [0.15, 0.2) is 0 Å². The molecule has 94 valence electrons. The van der Waals surface area contributed by atoms with Crippen molar-refractivity contribution in [2.45, 2.75) is 73.6 Å². The van der Waals surface area contributed by atoms with Gasteiger partial charge in [0.1, 0.15) is 0 Å². The third-order valence-corrected chi connectivity index (χ3v) is 3.31. The molecule has 1 N–H and O–H groups in total. The summed E-state index contributed by atoms with van der Waals surface area (Å²) in [6, 6.07) is 0. The molecule has 0 aromatic rings. The Balaban J connectivity index is 0. The first-order valence-electron chi connectivity index (χ1n) is 6.95. The summed E-state index contributed by atoms with van der Waals surface area (Å²) in [7, 11) is 0. The highest BCUT2D eigenvalue weighted by Gasteiger charge is 2.24. The van der Waals surface area contributed by atoms with Crippen molar-refractivity contribution in [1.29, 1.82) is 0 Å². The number of rotatable bonds is 8. The first-order chi connectivity index (χ1) is 7.24. The summed E-state index contributed by atoms with van der Waals surface area (Å²) < 4.78 is 0. The normalized spacial score (nSPS) is 10.8. The Hall–Kier alpha value is -0.0400. The van der Waals surface area contributed by atoms with Crippen LogP contribution in [0.3, 0.4) is 0 Å². The molecule has 0 aliphatic rings. The highest BCUT2D eigenvalue weighted by atomic mass is 14.9. The largest absolute Gasteiger partial charge is 0.316 e. The maximum absolute atomic E-state index is 3.50. The van der Waals surface area contributed by atoms with E-state index in [9.17, 15) is 0 Å². The van der Waals surface area contributed by atoms with Crippen molar-refractivity contribution in [2.75, 3.05) is 13.1 Å². The summed E-state index contributed by atoms with van der Waals surface area (Å²) in [6.45, 7) is 15.4. The molecule has 0 aliphatic carbocycles. The van der Waals surface area contributed by atoms with Gasteiger partial charge in [-0.25, -0.2) is 0 Å². The monoisotopic (exact) mass is 215 g/mol. The lowest BCUT2D eigenvalue weighted by atomic mass is 9.78. The van der Waals surface area contributed by atoms with Crippen molar-refractivity contribution in [3.8, 4) is 0 Å². The molecule has 0 heterocycles. The molecule has 0 bridgehead atoms. The lowest BCUT2D eigenvalue weighted by Gasteiger charge is -2.32. The molecule has 1 heteroatoms. The lowest BCUT2D eigenvalue weighted by molar-refractivity contribution is 0.223. The van der Waals surface area contributed by atoms with E-state index < -0.39 is 0 Å². The van der Waals surface area contributed by atoms with Gasteiger partial charge in [-0.15, -0.1) is 0 Å². The lowest BCUT2D eigenvalue weighted by Crippen LogP contribution is -2.33. The number of hydrogen-bond donors (Lipinski definition) is 1. The Bertz CT molecular complexity index is 95.9. The van der Waals surface area contributed by atoms with Crippen LogP contribution in [0.1, 0.15) is 73.6 Å². The van der Waals surface area contributed by atoms with Crippen LogP contribution in [-0.2, 0) is 0 Å². The summed E-state index contributed by atoms with van der Waals surface area (Å²) in [5.74, 6) is 0. The molecule has 0 fully saturated rings. The van der Waals surface area contributed by atoms with Gasteiger partial charge in [-0.3, -0.25) is 0 Å². The van der Waals surface area contributed by atoms with Gasteiger partial charge in [-0.2, -0.15) is 0 Å². The van der Waals surface area contributed by atoms with Gasteiger partial charge in [0.25, 0.3) is 0 Å². The molecule has 0 radical (unpaired) electrons. The van der Waals surface area contributed by atoms with E-state index in [1.807, 2.05) is 13.8 Å². The van der Waals surface area contributed by atoms with Crippen LogP contribution in [0.25, 0.3) is 0 Å². The van der Waals surface area contributed by atoms with Gasteiger partial charge in [0.05, 0.1) is 0 Å². The zero-order chi connectivity index (χ0) is 12.2. The molecule has 0 aliphatic heterocycles. The van der Waals surface area contributed by atoms with Crippen molar-refractivity contribution >= 4 is 0 Å². The van der Waals surface area contributed by atoms with Crippen LogP contribution in [0, 0.1) is 5.41 Å². The van der Waals surface area contributed by atoms with Crippen molar-refractivity contribution in [3.63, 3.8) is 0 Å². The van der Waals surface area contributed by atoms with E-state index in [4.69, 9.17) is 0 Å². The molecule has 0 saturated heterocycles. The molecule has 0 unspecified atom stereocenters. The molecule has 0 atom stereocenters. The van der Waals surface area contributed by atoms with E-state index in [2.05, 4.69) is 33.0 Å². The van der Waals surface area contributed by atoms with Crippen LogP contribution in [0.5, 0.6) is 0 Å². The van der Waals surface area contributed by atoms with Crippen LogP contribution < -0.4 is 5.32 Å². The summed E-state index contributed by atoms with van der Waals surface area (Å²) in [6.07, 6.45) is 6.73. The first kappa shape index (κ1) is 17.4. The maximum atomic E-state index is 3.50. The number of nitrogens with one attached hydrogen (secondary N) is 1. The van der Waals surface area contributed by atoms with Gasteiger partial charge >= 0.3 is 0 Å². The second-order valence-corrected chi connectivity index (χ2v) is 4.09. The summed E-state index contributed by atoms with van der Waals surface area (Å²) in [4.78, 5) is 0. The number of hydrogen-bond acceptors (Lipinski definition) is 1. The molecule has 0 aromatic heterocycles. The van der Waals surface area contributed by atoms with Crippen molar-refractivity contribution in [1.82, 2.24) is 5.32 Å². The molecular formula is C14H33N. The zero-order valence-corrected chi connectivity index (χ0v) is 11.9. The molecule has 0 spiro atoms. The fourth-order valence-corrected chi connectivity index (χ4v) is 1.88. The van der Waals surface area contributed by atoms with Crippen LogP contribution in [-0.4, -0.2) is 13.1 Å². The second-order valence-electron chi connectivity index (χ2n) is 4.09. The molecule has 1 nitrogen and oxygen atoms in total. The van der Waals surface area contributed by atoms with Crippen LogP contribution >= 0.6 is 0 Å². The highest BCUT2D eigenvalue weighted by Crippen LogP contribution is 2.31. The SMILES string of the molecule is CC.CCCCC(CC)(CC)CNCC. The average molecular weight is 215 g/mol. The van der Waals surface area contributed by atoms with E-state index in [-0.39, 0.29) is 0 Å². The van der Waals surface area contributed by atoms with Gasteiger partial charge in [-0.1, -0.05) is 54.4 Å². The fraction of sp³-hybridized carbons (Fsp3) is 1.00. The third-order valence-electron chi connectivity index (χ3n) is 3.31. The quantitative estimate of drug-likeness (QED) is 0.623. The molecule has 0 aromatic carbocycles. The van der Waals surface area contributed by atoms with E-state index in [0.717, 1.165) is 6.54 Å². The topological polar surface area (TPSA) is 12.0 Å². The summed E-state index contributed by atoms with van der Waals surface area (Å²) in [5, 5.41) is 3.50. The second kappa shape index (κ2) is 12.0. The van der Waals surface area contributed by atoms with Gasteiger partial charge in [0, 0.05) is 6.54 Å². The minimum atomic E-state index is 0.575. The van der Waals surface area contributed by atoms with Gasteiger partial charge in [0.15, 0.2) is 0 Å². The smallest absolute Gasteiger partial charge is 0.000749 e. The average Bonchev–Trinajstić information content (AvgIpc) is 2.33. The molecule has 0 rings (SSSR count). The van der Waals surface area contributed by atoms with Gasteiger partial charge < -0.3 is 5.32 Å². The van der Waals surface area contributed by atoms with Crippen molar-refractivity contribution < 1.29 is 0 Å². The van der Waals surface area contributed by atoms with Crippen LogP contribution in [0.2, 0.25) is 0 Å². The minimum Gasteiger partial charge on any atom is -0.316 e. The highest BCUT2D eigenvalue weighted by molar-refractivity contribution is 4.78. The minimum absolute atomic E-state index is 0.575. The Morgan fingerprint density at radius 3 is 1.80 bits per heavy atom. The Morgan fingerprint density at radius 2 is 1.47 bits per heavy atom. The zero-order valence-electron chi connectivity index (χ0n) is 11.9. The number of unbranched alkanes of at least 4 members (excludes halogenated alkanes) is 1. The van der Waals surface area contributed by atoms with Crippen molar-refractivity contribution in [2.24, 2.45) is 5.41 Å². The first-order valence-corrected chi connectivity index (χ1v) is 6.95. The fourth-order valence-electron chi connectivity index (χ4n) is 1.88. The molecular weight excluding hydrogens is 182 g/mol. The van der Waals surface area contributed by atoms with E-state index in [0.29, 0.717) is 5.41 Å². The van der Waals surface area contributed by atoms with E-state index in [1.165, 1.54) is 38.6 Å². The van der Waals surface area contributed by atoms with E-state index in [1.54, 1.807) is 0 Å². The summed E-state index contributed by atoms with van der Waals surface area (Å²) >= 11 is 0. The predicted octanol–water partition coefficient (Wildman–Crippen LogP) is 4.62.